The van der Waals surface area contributed by atoms with Crippen molar-refractivity contribution in [3.63, 3.8) is 0 Å². The Balaban J connectivity index is 3.24. The van der Waals surface area contributed by atoms with Gasteiger partial charge in [0.05, 0.1) is 0 Å². The lowest BCUT2D eigenvalue weighted by atomic mass is 10.1. The average molecular weight is 170 g/mol. The van der Waals surface area contributed by atoms with Crippen LogP contribution in [0.2, 0.25) is 0 Å². The summed E-state index contributed by atoms with van der Waals surface area (Å²) in [4.78, 5) is 10.6. The molecule has 1 unspecified atom stereocenters. The Hall–Kier alpha value is -0.590. The summed E-state index contributed by atoms with van der Waals surface area (Å²) in [5.74, 6) is 0.181. The normalized spacial score (nSPS) is 11.2. The van der Waals surface area contributed by atoms with Crippen LogP contribution in [-0.2, 0) is 0 Å². The second kappa shape index (κ2) is 3.21. The zero-order valence-electron chi connectivity index (χ0n) is 6.59. The van der Waals surface area contributed by atoms with Crippen molar-refractivity contribution in [3.05, 3.63) is 23.3 Å². The molecule has 0 fully saturated rings. The lowest BCUT2D eigenvalue weighted by molar-refractivity contribution is -0.147. The topological polar surface area (TPSA) is 43.3 Å². The lowest BCUT2D eigenvalue weighted by Crippen LogP contribution is -2.03. The standard InChI is InChI=1S/C8H11O2P/c1-5-3-6(2)8(9)7(4-5)11-10/h3-4,9H,11H2,1-2H3. The molecular formula is C8H11O2P. The summed E-state index contributed by atoms with van der Waals surface area (Å²) in [7, 11) is -1.03. The number of hydrogen-bond donors (Lipinski definition) is 1. The van der Waals surface area contributed by atoms with Crippen molar-refractivity contribution >= 4 is 14.1 Å². The first-order chi connectivity index (χ1) is 5.15. The van der Waals surface area contributed by atoms with Gasteiger partial charge >= 0.3 is 0 Å². The highest BCUT2D eigenvalue weighted by atomic mass is 31.1. The van der Waals surface area contributed by atoms with Crippen molar-refractivity contribution in [2.24, 2.45) is 0 Å². The van der Waals surface area contributed by atoms with Crippen LogP contribution in [0.1, 0.15) is 11.1 Å². The molecule has 0 saturated heterocycles. The summed E-state index contributed by atoms with van der Waals surface area (Å²) < 4.78 is 0. The van der Waals surface area contributed by atoms with Crippen LogP contribution in [0.5, 0.6) is 5.75 Å². The molecule has 0 radical (unpaired) electrons. The van der Waals surface area contributed by atoms with E-state index in [2.05, 4.69) is 0 Å². The second-order valence-corrected chi connectivity index (χ2v) is 3.50. The number of hydrogen-bond acceptors (Lipinski definition) is 2. The van der Waals surface area contributed by atoms with E-state index in [9.17, 15) is 10.00 Å². The van der Waals surface area contributed by atoms with Gasteiger partial charge in [0.25, 0.3) is 0 Å². The molecule has 1 atom stereocenters. The largest absolute Gasteiger partial charge is 0.679 e. The number of benzene rings is 1. The predicted molar refractivity (Wildman–Crippen MR) is 46.9 cm³/mol. The van der Waals surface area contributed by atoms with Gasteiger partial charge in [-0.25, -0.2) is 0 Å². The Bertz CT molecular complexity index is 271. The Labute approximate surface area is 67.8 Å². The number of phenolic OH excluding ortho intramolecular Hbond substituents is 1. The van der Waals surface area contributed by atoms with Gasteiger partial charge < -0.3 is 10.00 Å². The van der Waals surface area contributed by atoms with Gasteiger partial charge in [0.15, 0.2) is 5.75 Å². The zero-order chi connectivity index (χ0) is 8.43. The highest BCUT2D eigenvalue weighted by Crippen LogP contribution is 2.19. The first kappa shape index (κ1) is 8.51. The van der Waals surface area contributed by atoms with Gasteiger partial charge in [-0.15, -0.1) is 0 Å². The van der Waals surface area contributed by atoms with Crippen LogP contribution in [-0.4, -0.2) is 5.11 Å². The smallest absolute Gasteiger partial charge is 0.160 e. The minimum Gasteiger partial charge on any atom is -0.679 e. The molecule has 0 aliphatic carbocycles. The summed E-state index contributed by atoms with van der Waals surface area (Å²) in [6, 6.07) is 3.62. The maximum atomic E-state index is 10.6. The summed E-state index contributed by atoms with van der Waals surface area (Å²) in [5.41, 5.74) is 1.84. The number of aromatic hydroxyl groups is 1. The summed E-state index contributed by atoms with van der Waals surface area (Å²) in [6.45, 7) is 3.73. The quantitative estimate of drug-likeness (QED) is 0.617. The van der Waals surface area contributed by atoms with Crippen LogP contribution in [0.15, 0.2) is 12.1 Å². The summed E-state index contributed by atoms with van der Waals surface area (Å²) in [6.07, 6.45) is 0. The van der Waals surface area contributed by atoms with E-state index in [0.29, 0.717) is 5.30 Å². The molecule has 0 heterocycles. The van der Waals surface area contributed by atoms with Gasteiger partial charge in [0.2, 0.25) is 0 Å². The molecule has 1 aromatic rings. The van der Waals surface area contributed by atoms with E-state index in [1.165, 1.54) is 0 Å². The molecule has 11 heavy (non-hydrogen) atoms. The zero-order valence-corrected chi connectivity index (χ0v) is 7.74. The van der Waals surface area contributed by atoms with Crippen molar-refractivity contribution in [3.8, 4) is 5.75 Å². The van der Waals surface area contributed by atoms with Crippen LogP contribution in [0.3, 0.4) is 0 Å². The predicted octanol–water partition coefficient (Wildman–Crippen LogP) is 0.320. The molecule has 60 valence electrons. The fraction of sp³-hybridized carbons (Fsp3) is 0.250. The molecule has 1 rings (SSSR count). The molecule has 3 heteroatoms. The van der Waals surface area contributed by atoms with E-state index in [4.69, 9.17) is 0 Å². The fourth-order valence-corrected chi connectivity index (χ4v) is 1.75. The monoisotopic (exact) mass is 170 g/mol. The molecule has 0 aliphatic heterocycles. The molecule has 0 aromatic heterocycles. The van der Waals surface area contributed by atoms with Crippen LogP contribution < -0.4 is 10.2 Å². The van der Waals surface area contributed by atoms with E-state index in [-0.39, 0.29) is 5.75 Å². The van der Waals surface area contributed by atoms with Crippen molar-refractivity contribution in [1.82, 2.24) is 0 Å². The molecule has 0 amide bonds. The molecule has 0 aliphatic rings. The van der Waals surface area contributed by atoms with Gasteiger partial charge in [-0.3, -0.25) is 0 Å². The van der Waals surface area contributed by atoms with E-state index < -0.39 is 8.81 Å². The van der Waals surface area contributed by atoms with Crippen LogP contribution in [0, 0.1) is 13.8 Å². The molecule has 0 bridgehead atoms. The maximum absolute atomic E-state index is 10.6. The Morgan fingerprint density at radius 2 is 2.00 bits per heavy atom. The van der Waals surface area contributed by atoms with Crippen molar-refractivity contribution in [2.45, 2.75) is 13.8 Å². The van der Waals surface area contributed by atoms with E-state index in [1.54, 1.807) is 13.0 Å². The van der Waals surface area contributed by atoms with Crippen molar-refractivity contribution in [2.75, 3.05) is 0 Å². The molecule has 0 spiro atoms. The first-order valence-corrected chi connectivity index (χ1v) is 4.45. The molecule has 1 aromatic carbocycles. The SMILES string of the molecule is Cc1cc(C)c(O)c([PH2+][O-])c1. The Morgan fingerprint density at radius 1 is 1.36 bits per heavy atom. The van der Waals surface area contributed by atoms with E-state index in [1.807, 2.05) is 13.0 Å². The van der Waals surface area contributed by atoms with Gasteiger partial charge in [0, 0.05) is 0 Å². The number of rotatable bonds is 1. The van der Waals surface area contributed by atoms with Gasteiger partial charge in [0.1, 0.15) is 5.30 Å². The molecule has 1 N–H and O–H groups in total. The number of phenols is 1. The average Bonchev–Trinajstić information content (AvgIpc) is 1.96. The molecular weight excluding hydrogens is 159 g/mol. The third kappa shape index (κ3) is 1.70. The maximum Gasteiger partial charge on any atom is 0.160 e. The van der Waals surface area contributed by atoms with Crippen LogP contribution >= 0.6 is 8.81 Å². The highest BCUT2D eigenvalue weighted by Gasteiger charge is 2.05. The van der Waals surface area contributed by atoms with Crippen molar-refractivity contribution in [1.29, 1.82) is 0 Å². The molecule has 0 saturated carbocycles. The first-order valence-electron chi connectivity index (χ1n) is 3.40. The van der Waals surface area contributed by atoms with E-state index >= 15 is 0 Å². The Morgan fingerprint density at radius 3 is 2.55 bits per heavy atom. The van der Waals surface area contributed by atoms with Gasteiger partial charge in [-0.05, 0) is 39.8 Å². The van der Waals surface area contributed by atoms with Crippen molar-refractivity contribution < 1.29 is 10.00 Å². The van der Waals surface area contributed by atoms with Gasteiger partial charge in [-0.2, -0.15) is 0 Å². The minimum absolute atomic E-state index is 0.181. The third-order valence-electron chi connectivity index (χ3n) is 1.60. The Kier molecular flexibility index (Phi) is 2.48. The number of aryl methyl sites for hydroxylation is 2. The lowest BCUT2D eigenvalue weighted by Gasteiger charge is -2.04. The van der Waals surface area contributed by atoms with Crippen LogP contribution in [0.4, 0.5) is 0 Å². The van der Waals surface area contributed by atoms with Crippen LogP contribution in [0.25, 0.3) is 0 Å². The second-order valence-electron chi connectivity index (χ2n) is 2.64. The highest BCUT2D eigenvalue weighted by molar-refractivity contribution is 7.39. The summed E-state index contributed by atoms with van der Waals surface area (Å²) >= 11 is 0. The fourth-order valence-electron chi connectivity index (χ4n) is 1.08. The molecule has 2 nitrogen and oxygen atoms in total. The summed E-state index contributed by atoms with van der Waals surface area (Å²) in [5, 5.41) is 9.91. The van der Waals surface area contributed by atoms with E-state index in [0.717, 1.165) is 11.1 Å². The van der Waals surface area contributed by atoms with Gasteiger partial charge in [-0.1, -0.05) is 6.07 Å². The third-order valence-corrected chi connectivity index (χ3v) is 2.30. The minimum atomic E-state index is -1.03.